The first-order valence-electron chi connectivity index (χ1n) is 8.67. The monoisotopic (exact) mass is 396 g/mol. The zero-order chi connectivity index (χ0) is 20.6. The molecule has 1 N–H and O–H groups in total. The summed E-state index contributed by atoms with van der Waals surface area (Å²) in [5.41, 5.74) is 3.33. The first-order valence-corrected chi connectivity index (χ1v) is 10.1. The second-order valence-corrected chi connectivity index (χ2v) is 7.62. The summed E-state index contributed by atoms with van der Waals surface area (Å²) in [5.74, 6) is 0. The topological polar surface area (TPSA) is 70.5 Å². The molecule has 0 fully saturated rings. The number of rotatable bonds is 5. The summed E-state index contributed by atoms with van der Waals surface area (Å²) in [6.07, 6.45) is 5.56. The molecule has 1 unspecified atom stereocenters. The van der Waals surface area contributed by atoms with E-state index in [-0.39, 0.29) is 10.9 Å². The van der Waals surface area contributed by atoms with Gasteiger partial charge >= 0.3 is 0 Å². The maximum absolute atomic E-state index is 10.5. The summed E-state index contributed by atoms with van der Waals surface area (Å²) in [6, 6.07) is 20.5. The van der Waals surface area contributed by atoms with Crippen molar-refractivity contribution in [2.75, 3.05) is 11.9 Å². The zero-order valence-corrected chi connectivity index (χ0v) is 16.8. The molecule has 0 amide bonds. The molecule has 6 heteroatoms. The van der Waals surface area contributed by atoms with Crippen LogP contribution in [0.3, 0.4) is 0 Å². The molecule has 0 aliphatic heterocycles. The molecule has 0 saturated heterocycles. The smallest absolute Gasteiger partial charge is 0.294 e. The zero-order valence-electron chi connectivity index (χ0n) is 15.9. The van der Waals surface area contributed by atoms with E-state index in [0.717, 1.165) is 11.3 Å². The molecule has 146 valence electrons. The minimum atomic E-state index is -4.02. The molecule has 2 aromatic carbocycles. The van der Waals surface area contributed by atoms with Crippen molar-refractivity contribution >= 4 is 15.8 Å². The van der Waals surface area contributed by atoms with Gasteiger partial charge in [0, 0.05) is 25.1 Å². The Balaban J connectivity index is 0.000000221. The third-order valence-electron chi connectivity index (χ3n) is 4.17. The molecule has 0 aliphatic carbocycles. The summed E-state index contributed by atoms with van der Waals surface area (Å²) in [4.78, 5) is 6.15. The number of hydrogen-bond acceptors (Lipinski definition) is 4. The molecular formula is C22H24N2O3S. The van der Waals surface area contributed by atoms with Crippen LogP contribution in [0.15, 0.2) is 96.7 Å². The highest BCUT2D eigenvalue weighted by Crippen LogP contribution is 2.25. The van der Waals surface area contributed by atoms with Crippen molar-refractivity contribution < 1.29 is 13.0 Å². The maximum Gasteiger partial charge on any atom is 0.294 e. The Kier molecular flexibility index (Phi) is 7.49. The van der Waals surface area contributed by atoms with Crippen LogP contribution in [0.2, 0.25) is 0 Å². The minimum absolute atomic E-state index is 0.0666. The van der Waals surface area contributed by atoms with Gasteiger partial charge in [-0.3, -0.25) is 9.54 Å². The van der Waals surface area contributed by atoms with Crippen molar-refractivity contribution in [3.63, 3.8) is 0 Å². The number of aromatic nitrogens is 1. The van der Waals surface area contributed by atoms with Gasteiger partial charge in [0.15, 0.2) is 0 Å². The number of pyridine rings is 1. The van der Waals surface area contributed by atoms with Crippen LogP contribution < -0.4 is 4.90 Å². The minimum Gasteiger partial charge on any atom is -0.364 e. The van der Waals surface area contributed by atoms with E-state index in [1.807, 2.05) is 43.3 Å². The van der Waals surface area contributed by atoms with Gasteiger partial charge in [-0.05, 0) is 36.8 Å². The van der Waals surface area contributed by atoms with E-state index in [9.17, 15) is 8.42 Å². The fourth-order valence-electron chi connectivity index (χ4n) is 2.62. The largest absolute Gasteiger partial charge is 0.364 e. The molecule has 1 heterocycles. The molecule has 1 atom stereocenters. The molecule has 5 nitrogen and oxygen atoms in total. The summed E-state index contributed by atoms with van der Waals surface area (Å²) in [6.45, 7) is 5.77. The van der Waals surface area contributed by atoms with Crippen molar-refractivity contribution in [2.24, 2.45) is 0 Å². The third kappa shape index (κ3) is 6.04. The Morgan fingerprint density at radius 2 is 1.57 bits per heavy atom. The van der Waals surface area contributed by atoms with Gasteiger partial charge in [0.1, 0.15) is 0 Å². The first-order chi connectivity index (χ1) is 13.3. The number of aryl methyl sites for hydroxylation is 1. The van der Waals surface area contributed by atoms with Gasteiger partial charge in [-0.25, -0.2) is 0 Å². The lowest BCUT2D eigenvalue weighted by Crippen LogP contribution is -2.22. The highest BCUT2D eigenvalue weighted by Gasteiger charge is 2.13. The van der Waals surface area contributed by atoms with Gasteiger partial charge in [0.05, 0.1) is 10.9 Å². The van der Waals surface area contributed by atoms with Gasteiger partial charge in [-0.1, -0.05) is 54.1 Å². The number of benzene rings is 2. The normalized spacial score (nSPS) is 11.7. The third-order valence-corrected chi connectivity index (χ3v) is 5.04. The number of likely N-dealkylation sites (N-methyl/N-ethyl adjacent to an activating group) is 1. The van der Waals surface area contributed by atoms with Crippen molar-refractivity contribution in [1.29, 1.82) is 0 Å². The molecule has 3 aromatic rings. The standard InChI is InChI=1S/C15H16N2.C7H8O3S/c1-3-15(13-7-5-4-6-8-13)17(2)14-9-11-16-12-10-14;1-6-2-4-7(5-3-6)11(8,9)10/h3-12,15H,1H2,2H3;2-5H,1H3,(H,8,9,10). The second kappa shape index (κ2) is 9.82. The van der Waals surface area contributed by atoms with Gasteiger partial charge in [-0.2, -0.15) is 8.42 Å². The molecule has 0 aliphatic rings. The van der Waals surface area contributed by atoms with E-state index >= 15 is 0 Å². The summed E-state index contributed by atoms with van der Waals surface area (Å²) in [5, 5.41) is 0. The molecule has 0 radical (unpaired) electrons. The van der Waals surface area contributed by atoms with Crippen molar-refractivity contribution in [2.45, 2.75) is 17.9 Å². The lowest BCUT2D eigenvalue weighted by Gasteiger charge is -2.27. The highest BCUT2D eigenvalue weighted by molar-refractivity contribution is 7.85. The molecule has 3 rings (SSSR count). The van der Waals surface area contributed by atoms with Crippen LogP contribution in [0.5, 0.6) is 0 Å². The van der Waals surface area contributed by atoms with Crippen molar-refractivity contribution in [1.82, 2.24) is 4.98 Å². The Morgan fingerprint density at radius 1 is 1.00 bits per heavy atom. The average molecular weight is 397 g/mol. The van der Waals surface area contributed by atoms with Crippen LogP contribution in [0.25, 0.3) is 0 Å². The Hall–Kier alpha value is -2.96. The lowest BCUT2D eigenvalue weighted by atomic mass is 10.1. The predicted molar refractivity (Wildman–Crippen MR) is 113 cm³/mol. The molecule has 1 aromatic heterocycles. The van der Waals surface area contributed by atoms with E-state index in [0.29, 0.717) is 0 Å². The van der Waals surface area contributed by atoms with Crippen molar-refractivity contribution in [3.8, 4) is 0 Å². The van der Waals surface area contributed by atoms with E-state index in [4.69, 9.17) is 4.55 Å². The number of anilines is 1. The van der Waals surface area contributed by atoms with Crippen LogP contribution in [0, 0.1) is 6.92 Å². The van der Waals surface area contributed by atoms with E-state index in [1.165, 1.54) is 17.7 Å². The quantitative estimate of drug-likeness (QED) is 0.501. The fraction of sp³-hybridized carbons (Fsp3) is 0.136. The Labute approximate surface area is 166 Å². The van der Waals surface area contributed by atoms with Crippen LogP contribution in [0.4, 0.5) is 5.69 Å². The Morgan fingerprint density at radius 3 is 2.07 bits per heavy atom. The van der Waals surface area contributed by atoms with E-state index in [2.05, 4.69) is 35.6 Å². The summed E-state index contributed by atoms with van der Waals surface area (Å²) in [7, 11) is -1.96. The Bertz CT molecular complexity index is 973. The first kappa shape index (κ1) is 21.3. The predicted octanol–water partition coefficient (Wildman–Crippen LogP) is 4.69. The van der Waals surface area contributed by atoms with Gasteiger partial charge < -0.3 is 4.90 Å². The van der Waals surface area contributed by atoms with Gasteiger partial charge in [0.2, 0.25) is 0 Å². The second-order valence-electron chi connectivity index (χ2n) is 6.20. The fourth-order valence-corrected chi connectivity index (χ4v) is 3.10. The van der Waals surface area contributed by atoms with E-state index in [1.54, 1.807) is 24.5 Å². The molecule has 0 bridgehead atoms. The van der Waals surface area contributed by atoms with Crippen LogP contribution >= 0.6 is 0 Å². The maximum atomic E-state index is 10.5. The lowest BCUT2D eigenvalue weighted by molar-refractivity contribution is 0.483. The number of nitrogens with zero attached hydrogens (tertiary/aromatic N) is 2. The van der Waals surface area contributed by atoms with Gasteiger partial charge in [-0.15, -0.1) is 6.58 Å². The molecule has 0 spiro atoms. The molecule has 28 heavy (non-hydrogen) atoms. The van der Waals surface area contributed by atoms with Crippen molar-refractivity contribution in [3.05, 3.63) is 103 Å². The van der Waals surface area contributed by atoms with E-state index < -0.39 is 10.1 Å². The van der Waals surface area contributed by atoms with Crippen LogP contribution in [-0.2, 0) is 10.1 Å². The van der Waals surface area contributed by atoms with Crippen LogP contribution in [-0.4, -0.2) is 25.0 Å². The SMILES string of the molecule is C=CC(c1ccccc1)N(C)c1ccncc1.Cc1ccc(S(=O)(=O)O)cc1. The summed E-state index contributed by atoms with van der Waals surface area (Å²) >= 11 is 0. The number of hydrogen-bond donors (Lipinski definition) is 1. The van der Waals surface area contributed by atoms with Gasteiger partial charge in [0.25, 0.3) is 10.1 Å². The van der Waals surface area contributed by atoms with Crippen LogP contribution in [0.1, 0.15) is 17.2 Å². The molecule has 0 saturated carbocycles. The molecular weight excluding hydrogens is 372 g/mol. The summed E-state index contributed by atoms with van der Waals surface area (Å²) < 4.78 is 29.6. The highest BCUT2D eigenvalue weighted by atomic mass is 32.2. The average Bonchev–Trinajstić information content (AvgIpc) is 2.70.